The van der Waals surface area contributed by atoms with Crippen LogP contribution in [0.3, 0.4) is 0 Å². The van der Waals surface area contributed by atoms with Crippen molar-refractivity contribution in [3.05, 3.63) is 12.7 Å². The largest absolute Gasteiger partial charge is 0.349 e. The van der Waals surface area contributed by atoms with Gasteiger partial charge in [-0.3, -0.25) is 0 Å². The highest BCUT2D eigenvalue weighted by molar-refractivity contribution is 4.82. The van der Waals surface area contributed by atoms with Crippen molar-refractivity contribution in [2.24, 2.45) is 5.41 Å². The van der Waals surface area contributed by atoms with Crippen LogP contribution in [0.4, 0.5) is 0 Å². The van der Waals surface area contributed by atoms with E-state index in [9.17, 15) is 0 Å². The molecule has 0 aliphatic carbocycles. The fourth-order valence-corrected chi connectivity index (χ4v) is 2.52. The minimum Gasteiger partial charge on any atom is -0.349 e. The molecule has 2 heteroatoms. The summed E-state index contributed by atoms with van der Waals surface area (Å²) in [7, 11) is 0. The molecule has 0 aromatic heterocycles. The van der Waals surface area contributed by atoms with E-state index >= 15 is 0 Å². The molecule has 0 N–H and O–H groups in total. The Hall–Kier alpha value is -0.340. The third-order valence-corrected chi connectivity index (χ3v) is 3.67. The van der Waals surface area contributed by atoms with Crippen molar-refractivity contribution in [1.29, 1.82) is 0 Å². The first-order chi connectivity index (χ1) is 8.97. The molecule has 0 radical (unpaired) electrons. The van der Waals surface area contributed by atoms with Crippen LogP contribution in [0.5, 0.6) is 0 Å². The molecule has 0 bridgehead atoms. The quantitative estimate of drug-likeness (QED) is 0.473. The lowest BCUT2D eigenvalue weighted by atomic mass is 9.93. The molecule has 1 aliphatic rings. The maximum atomic E-state index is 6.15. The number of ether oxygens (including phenoxy) is 2. The molecular formula is C17H32O2. The van der Waals surface area contributed by atoms with E-state index < -0.39 is 0 Å². The second-order valence-electron chi connectivity index (χ2n) is 6.82. The second-order valence-corrected chi connectivity index (χ2v) is 6.82. The van der Waals surface area contributed by atoms with Crippen molar-refractivity contribution < 1.29 is 9.47 Å². The Morgan fingerprint density at radius 2 is 1.79 bits per heavy atom. The van der Waals surface area contributed by atoms with Crippen molar-refractivity contribution in [3.63, 3.8) is 0 Å². The molecule has 0 aromatic carbocycles. The fourth-order valence-electron chi connectivity index (χ4n) is 2.52. The first kappa shape index (κ1) is 16.7. The highest BCUT2D eigenvalue weighted by Gasteiger charge is 2.36. The summed E-state index contributed by atoms with van der Waals surface area (Å²) in [6.45, 7) is 12.6. The highest BCUT2D eigenvalue weighted by atomic mass is 16.7. The van der Waals surface area contributed by atoms with Crippen LogP contribution in [-0.4, -0.2) is 18.5 Å². The number of unbranched alkanes of at least 4 members (excludes halogenated alkanes) is 3. The molecule has 1 saturated heterocycles. The zero-order chi connectivity index (χ0) is 14.3. The topological polar surface area (TPSA) is 18.5 Å². The summed E-state index contributed by atoms with van der Waals surface area (Å²) in [4.78, 5) is 0. The second kappa shape index (κ2) is 8.06. The Morgan fingerprint density at radius 1 is 1.11 bits per heavy atom. The summed E-state index contributed by atoms with van der Waals surface area (Å²) < 4.78 is 12.2. The predicted octanol–water partition coefficient (Wildman–Crippen LogP) is 5.08. The summed E-state index contributed by atoms with van der Waals surface area (Å²) in [6.07, 6.45) is 10.9. The first-order valence-corrected chi connectivity index (χ1v) is 7.89. The van der Waals surface area contributed by atoms with Crippen molar-refractivity contribution >= 4 is 0 Å². The van der Waals surface area contributed by atoms with Crippen molar-refractivity contribution in [3.8, 4) is 0 Å². The molecule has 1 fully saturated rings. The summed E-state index contributed by atoms with van der Waals surface area (Å²) >= 11 is 0. The lowest BCUT2D eigenvalue weighted by Crippen LogP contribution is -2.44. The van der Waals surface area contributed by atoms with E-state index in [1.54, 1.807) is 0 Å². The van der Waals surface area contributed by atoms with Gasteiger partial charge in [-0.1, -0.05) is 59.5 Å². The van der Waals surface area contributed by atoms with Gasteiger partial charge in [0.25, 0.3) is 0 Å². The van der Waals surface area contributed by atoms with Gasteiger partial charge in [0.2, 0.25) is 0 Å². The van der Waals surface area contributed by atoms with Gasteiger partial charge in [0.1, 0.15) is 0 Å². The molecule has 1 aliphatic heterocycles. The number of hydrogen-bond donors (Lipinski definition) is 0. The van der Waals surface area contributed by atoms with Gasteiger partial charge in [0, 0.05) is 11.8 Å². The molecule has 1 rings (SSSR count). The van der Waals surface area contributed by atoms with Crippen LogP contribution in [0.25, 0.3) is 0 Å². The van der Waals surface area contributed by atoms with E-state index in [4.69, 9.17) is 9.47 Å². The molecule has 3 atom stereocenters. The van der Waals surface area contributed by atoms with Crippen LogP contribution in [0.15, 0.2) is 12.7 Å². The summed E-state index contributed by atoms with van der Waals surface area (Å²) in [5, 5.41) is 0. The molecule has 0 amide bonds. The monoisotopic (exact) mass is 268 g/mol. The average Bonchev–Trinajstić information content (AvgIpc) is 2.34. The third kappa shape index (κ3) is 6.09. The van der Waals surface area contributed by atoms with Crippen LogP contribution in [0, 0.1) is 5.41 Å². The van der Waals surface area contributed by atoms with E-state index in [1.165, 1.54) is 32.1 Å². The van der Waals surface area contributed by atoms with Gasteiger partial charge in [-0.15, -0.1) is 6.58 Å². The van der Waals surface area contributed by atoms with E-state index in [-0.39, 0.29) is 17.8 Å². The lowest BCUT2D eigenvalue weighted by molar-refractivity contribution is -0.279. The summed E-state index contributed by atoms with van der Waals surface area (Å²) in [5.74, 6) is 0. The van der Waals surface area contributed by atoms with Crippen molar-refractivity contribution in [1.82, 2.24) is 0 Å². The molecule has 0 spiro atoms. The first-order valence-electron chi connectivity index (χ1n) is 7.89. The van der Waals surface area contributed by atoms with Crippen LogP contribution in [0.2, 0.25) is 0 Å². The van der Waals surface area contributed by atoms with Gasteiger partial charge in [-0.2, -0.15) is 0 Å². The van der Waals surface area contributed by atoms with E-state index in [0.29, 0.717) is 6.10 Å². The predicted molar refractivity (Wildman–Crippen MR) is 81.2 cm³/mol. The van der Waals surface area contributed by atoms with Gasteiger partial charge >= 0.3 is 0 Å². The van der Waals surface area contributed by atoms with Crippen LogP contribution in [-0.2, 0) is 9.47 Å². The van der Waals surface area contributed by atoms with Gasteiger partial charge in [-0.25, -0.2) is 0 Å². The van der Waals surface area contributed by atoms with Gasteiger partial charge < -0.3 is 9.47 Å². The Balaban J connectivity index is 2.48. The third-order valence-electron chi connectivity index (χ3n) is 3.67. The van der Waals surface area contributed by atoms with Crippen molar-refractivity contribution in [2.45, 2.75) is 91.1 Å². The minimum absolute atomic E-state index is 0.0432. The Labute approximate surface area is 119 Å². The molecule has 0 aromatic rings. The Bertz CT molecular complexity index is 254. The lowest BCUT2D eigenvalue weighted by Gasteiger charge is -2.41. The van der Waals surface area contributed by atoms with E-state index in [2.05, 4.69) is 34.3 Å². The smallest absolute Gasteiger partial charge is 0.163 e. The van der Waals surface area contributed by atoms with Gasteiger partial charge in [0.15, 0.2) is 6.29 Å². The van der Waals surface area contributed by atoms with Gasteiger partial charge in [0.05, 0.1) is 12.2 Å². The van der Waals surface area contributed by atoms with Crippen LogP contribution in [0.1, 0.15) is 72.6 Å². The number of hydrogen-bond acceptors (Lipinski definition) is 2. The van der Waals surface area contributed by atoms with Crippen molar-refractivity contribution in [2.75, 3.05) is 0 Å². The summed E-state index contributed by atoms with van der Waals surface area (Å²) in [6, 6.07) is 0. The Kier molecular flexibility index (Phi) is 7.09. The highest BCUT2D eigenvalue weighted by Crippen LogP contribution is 2.33. The SMILES string of the molecule is C=CCC1C[C@H](CCCCCC)OC(C(C)(C)C)O1. The molecule has 0 saturated carbocycles. The molecule has 2 nitrogen and oxygen atoms in total. The Morgan fingerprint density at radius 3 is 2.37 bits per heavy atom. The average molecular weight is 268 g/mol. The van der Waals surface area contributed by atoms with E-state index in [1.807, 2.05) is 6.08 Å². The minimum atomic E-state index is -0.0811. The van der Waals surface area contributed by atoms with Crippen LogP contribution >= 0.6 is 0 Å². The molecule has 1 heterocycles. The summed E-state index contributed by atoms with van der Waals surface area (Å²) in [5.41, 5.74) is 0.0432. The zero-order valence-corrected chi connectivity index (χ0v) is 13.3. The molecule has 2 unspecified atom stereocenters. The van der Waals surface area contributed by atoms with E-state index in [0.717, 1.165) is 12.8 Å². The maximum absolute atomic E-state index is 6.15. The number of rotatable bonds is 7. The van der Waals surface area contributed by atoms with Gasteiger partial charge in [-0.05, 0) is 12.8 Å². The van der Waals surface area contributed by atoms with Crippen LogP contribution < -0.4 is 0 Å². The maximum Gasteiger partial charge on any atom is 0.163 e. The fraction of sp³-hybridized carbons (Fsp3) is 0.882. The molecule has 112 valence electrons. The standard InChI is InChI=1S/C17H32O2/c1-6-8-9-10-12-15-13-14(11-7-2)18-16(19-15)17(3,4)5/h7,14-16H,2,6,8-13H2,1,3-5H3/t14?,15-,16?/m0/s1. The zero-order valence-electron chi connectivity index (χ0n) is 13.3. The molecular weight excluding hydrogens is 236 g/mol. The normalized spacial score (nSPS) is 28.3. The molecule has 19 heavy (non-hydrogen) atoms.